The van der Waals surface area contributed by atoms with Crippen molar-refractivity contribution in [3.05, 3.63) is 28.3 Å². The summed E-state index contributed by atoms with van der Waals surface area (Å²) in [5.41, 5.74) is 6.87. The molecule has 0 heterocycles. The van der Waals surface area contributed by atoms with Crippen molar-refractivity contribution >= 4 is 5.69 Å². The van der Waals surface area contributed by atoms with E-state index in [0.717, 1.165) is 19.1 Å². The quantitative estimate of drug-likeness (QED) is 0.762. The molecule has 1 saturated carbocycles. The maximum atomic E-state index is 3.58. The summed E-state index contributed by atoms with van der Waals surface area (Å²) in [4.78, 5) is 0. The summed E-state index contributed by atoms with van der Waals surface area (Å²) in [6.07, 6.45) is 2.73. The van der Waals surface area contributed by atoms with Crippen LogP contribution in [0.5, 0.6) is 0 Å². The molecule has 0 amide bonds. The Kier molecular flexibility index (Phi) is 3.72. The van der Waals surface area contributed by atoms with Crippen LogP contribution >= 0.6 is 0 Å². The van der Waals surface area contributed by atoms with Crippen molar-refractivity contribution in [2.45, 2.75) is 46.6 Å². The fourth-order valence-corrected chi connectivity index (χ4v) is 2.23. The topological polar surface area (TPSA) is 24.1 Å². The second-order valence-electron chi connectivity index (χ2n) is 5.29. The van der Waals surface area contributed by atoms with Crippen molar-refractivity contribution in [3.8, 4) is 0 Å². The van der Waals surface area contributed by atoms with Crippen molar-refractivity contribution in [1.82, 2.24) is 5.32 Å². The number of nitrogens with one attached hydrogen (secondary N) is 2. The van der Waals surface area contributed by atoms with E-state index in [9.17, 15) is 0 Å². The van der Waals surface area contributed by atoms with Crippen LogP contribution in [0.3, 0.4) is 0 Å². The van der Waals surface area contributed by atoms with Crippen molar-refractivity contribution in [3.63, 3.8) is 0 Å². The number of hydrogen-bond acceptors (Lipinski definition) is 2. The highest BCUT2D eigenvalue weighted by molar-refractivity contribution is 5.62. The highest BCUT2D eigenvalue weighted by Crippen LogP contribution is 2.26. The van der Waals surface area contributed by atoms with Crippen molar-refractivity contribution in [2.24, 2.45) is 0 Å². The SMILES string of the molecule is Cc1cc(C)c(C)c(NCCNC2CC2)c1C. The van der Waals surface area contributed by atoms with Crippen LogP contribution in [0.1, 0.15) is 35.1 Å². The zero-order valence-corrected chi connectivity index (χ0v) is 11.5. The second-order valence-corrected chi connectivity index (χ2v) is 5.29. The fraction of sp³-hybridized carbons (Fsp3) is 0.600. The van der Waals surface area contributed by atoms with E-state index >= 15 is 0 Å². The lowest BCUT2D eigenvalue weighted by Crippen LogP contribution is -2.24. The molecule has 0 saturated heterocycles. The van der Waals surface area contributed by atoms with Crippen LogP contribution < -0.4 is 10.6 Å². The first kappa shape index (κ1) is 12.4. The molecule has 0 spiro atoms. The zero-order valence-electron chi connectivity index (χ0n) is 11.5. The van der Waals surface area contributed by atoms with Crippen LogP contribution in [0.2, 0.25) is 0 Å². The van der Waals surface area contributed by atoms with Gasteiger partial charge in [0.15, 0.2) is 0 Å². The molecule has 2 N–H and O–H groups in total. The van der Waals surface area contributed by atoms with E-state index in [4.69, 9.17) is 0 Å². The molecule has 1 aliphatic carbocycles. The van der Waals surface area contributed by atoms with Gasteiger partial charge in [0.1, 0.15) is 0 Å². The van der Waals surface area contributed by atoms with E-state index in [1.165, 1.54) is 40.8 Å². The minimum Gasteiger partial charge on any atom is -0.383 e. The van der Waals surface area contributed by atoms with Gasteiger partial charge in [-0.2, -0.15) is 0 Å². The van der Waals surface area contributed by atoms with Gasteiger partial charge < -0.3 is 10.6 Å². The number of aryl methyl sites for hydroxylation is 2. The first-order chi connectivity index (χ1) is 8.09. The third-order valence-electron chi connectivity index (χ3n) is 3.80. The molecule has 94 valence electrons. The van der Waals surface area contributed by atoms with Crippen LogP contribution in [0.25, 0.3) is 0 Å². The Bertz CT molecular complexity index is 380. The number of hydrogen-bond donors (Lipinski definition) is 2. The molecule has 0 radical (unpaired) electrons. The zero-order chi connectivity index (χ0) is 12.4. The van der Waals surface area contributed by atoms with Crippen LogP contribution in [0, 0.1) is 27.7 Å². The maximum Gasteiger partial charge on any atom is 0.0405 e. The molecule has 1 aromatic carbocycles. The third-order valence-corrected chi connectivity index (χ3v) is 3.80. The Morgan fingerprint density at radius 2 is 1.59 bits per heavy atom. The first-order valence-corrected chi connectivity index (χ1v) is 6.64. The maximum absolute atomic E-state index is 3.58. The van der Waals surface area contributed by atoms with Gasteiger partial charge in [0.25, 0.3) is 0 Å². The number of anilines is 1. The summed E-state index contributed by atoms with van der Waals surface area (Å²) in [5.74, 6) is 0. The standard InChI is InChI=1S/C15H24N2/c1-10-9-11(2)13(4)15(12(10)3)17-8-7-16-14-5-6-14/h9,14,16-17H,5-8H2,1-4H3. The lowest BCUT2D eigenvalue weighted by Gasteiger charge is -2.17. The smallest absolute Gasteiger partial charge is 0.0405 e. The van der Waals surface area contributed by atoms with Crippen LogP contribution in [-0.4, -0.2) is 19.1 Å². The summed E-state index contributed by atoms with van der Waals surface area (Å²) < 4.78 is 0. The fourth-order valence-electron chi connectivity index (χ4n) is 2.23. The Morgan fingerprint density at radius 3 is 2.12 bits per heavy atom. The van der Waals surface area contributed by atoms with Gasteiger partial charge in [0.05, 0.1) is 0 Å². The van der Waals surface area contributed by atoms with E-state index < -0.39 is 0 Å². The molecule has 0 aromatic heterocycles. The minimum atomic E-state index is 0.804. The summed E-state index contributed by atoms with van der Waals surface area (Å²) in [7, 11) is 0. The van der Waals surface area contributed by atoms with Crippen LogP contribution in [0.4, 0.5) is 5.69 Å². The third kappa shape index (κ3) is 3.01. The Labute approximate surface area is 105 Å². The molecule has 0 aliphatic heterocycles. The highest BCUT2D eigenvalue weighted by atomic mass is 15.0. The van der Waals surface area contributed by atoms with Crippen LogP contribution in [-0.2, 0) is 0 Å². The van der Waals surface area contributed by atoms with Gasteiger partial charge >= 0.3 is 0 Å². The molecule has 0 atom stereocenters. The van der Waals surface area contributed by atoms with E-state index in [-0.39, 0.29) is 0 Å². The van der Waals surface area contributed by atoms with E-state index in [1.54, 1.807) is 0 Å². The molecular weight excluding hydrogens is 208 g/mol. The van der Waals surface area contributed by atoms with Gasteiger partial charge in [0.2, 0.25) is 0 Å². The van der Waals surface area contributed by atoms with Gasteiger partial charge in [-0.15, -0.1) is 0 Å². The van der Waals surface area contributed by atoms with E-state index in [0.29, 0.717) is 0 Å². The summed E-state index contributed by atoms with van der Waals surface area (Å²) >= 11 is 0. The average molecular weight is 232 g/mol. The summed E-state index contributed by atoms with van der Waals surface area (Å²) in [5, 5.41) is 7.12. The van der Waals surface area contributed by atoms with Gasteiger partial charge in [-0.05, 0) is 62.8 Å². The van der Waals surface area contributed by atoms with Gasteiger partial charge in [-0.1, -0.05) is 6.07 Å². The normalized spacial score (nSPS) is 15.1. The lowest BCUT2D eigenvalue weighted by molar-refractivity contribution is 0.701. The van der Waals surface area contributed by atoms with Gasteiger partial charge in [-0.25, -0.2) is 0 Å². The van der Waals surface area contributed by atoms with Crippen molar-refractivity contribution in [1.29, 1.82) is 0 Å². The Balaban J connectivity index is 1.97. The average Bonchev–Trinajstić information content (AvgIpc) is 3.09. The molecule has 2 heteroatoms. The molecule has 2 nitrogen and oxygen atoms in total. The highest BCUT2D eigenvalue weighted by Gasteiger charge is 2.19. The first-order valence-electron chi connectivity index (χ1n) is 6.64. The molecule has 17 heavy (non-hydrogen) atoms. The summed E-state index contributed by atoms with van der Waals surface area (Å²) in [6, 6.07) is 3.08. The van der Waals surface area contributed by atoms with Crippen molar-refractivity contribution in [2.75, 3.05) is 18.4 Å². The minimum absolute atomic E-state index is 0.804. The molecule has 1 aliphatic rings. The summed E-state index contributed by atoms with van der Waals surface area (Å²) in [6.45, 7) is 10.9. The molecule has 0 unspecified atom stereocenters. The predicted molar refractivity (Wildman–Crippen MR) is 74.9 cm³/mol. The molecular formula is C15H24N2. The Morgan fingerprint density at radius 1 is 1.00 bits per heavy atom. The molecule has 1 fully saturated rings. The predicted octanol–water partition coefficient (Wildman–Crippen LogP) is 3.08. The van der Waals surface area contributed by atoms with E-state index in [1.807, 2.05) is 0 Å². The number of benzene rings is 1. The van der Waals surface area contributed by atoms with Gasteiger partial charge in [-0.3, -0.25) is 0 Å². The Hall–Kier alpha value is -1.02. The molecule has 1 aromatic rings. The lowest BCUT2D eigenvalue weighted by atomic mass is 9.99. The largest absolute Gasteiger partial charge is 0.383 e. The van der Waals surface area contributed by atoms with Gasteiger partial charge in [0, 0.05) is 24.8 Å². The van der Waals surface area contributed by atoms with E-state index in [2.05, 4.69) is 44.4 Å². The molecule has 2 rings (SSSR count). The second kappa shape index (κ2) is 5.09. The van der Waals surface area contributed by atoms with Crippen LogP contribution in [0.15, 0.2) is 6.07 Å². The molecule has 0 bridgehead atoms. The monoisotopic (exact) mass is 232 g/mol. The number of rotatable bonds is 5. The van der Waals surface area contributed by atoms with Crippen molar-refractivity contribution < 1.29 is 0 Å².